The maximum absolute atomic E-state index is 5.73. The number of rotatable bonds is 3. The lowest BCUT2D eigenvalue weighted by Crippen LogP contribution is -1.99. The number of aryl methyl sites for hydroxylation is 1. The summed E-state index contributed by atoms with van der Waals surface area (Å²) in [4.78, 5) is 8.21. The monoisotopic (exact) mass is 321 g/mol. The molecule has 0 saturated carbocycles. The molecule has 0 spiro atoms. The summed E-state index contributed by atoms with van der Waals surface area (Å²) in [5.41, 5.74) is 7.91. The van der Waals surface area contributed by atoms with E-state index < -0.39 is 0 Å². The topological polar surface area (TPSA) is 61.0 Å². The summed E-state index contributed by atoms with van der Waals surface area (Å²) in [6.07, 6.45) is 0. The Labute approximate surface area is 121 Å². The average molecular weight is 322 g/mol. The Morgan fingerprint density at radius 1 is 1.21 bits per heavy atom. The third-order valence-electron chi connectivity index (χ3n) is 2.77. The third-order valence-corrected chi connectivity index (χ3v) is 3.18. The van der Waals surface area contributed by atoms with Gasteiger partial charge >= 0.3 is 6.01 Å². The van der Waals surface area contributed by atoms with Gasteiger partial charge in [-0.1, -0.05) is 26.0 Å². The number of halogens is 1. The first-order valence-electron chi connectivity index (χ1n) is 6.04. The number of nitrogens with zero attached hydrogens (tertiary/aromatic N) is 2. The van der Waals surface area contributed by atoms with Crippen molar-refractivity contribution in [2.45, 2.75) is 26.7 Å². The minimum absolute atomic E-state index is 0.246. The predicted octanol–water partition coefficient (Wildman–Crippen LogP) is 4.05. The number of anilines is 1. The molecule has 0 aliphatic carbocycles. The van der Waals surface area contributed by atoms with Crippen molar-refractivity contribution in [3.05, 3.63) is 40.0 Å². The fraction of sp³-hybridized carbons (Fsp3) is 0.286. The van der Waals surface area contributed by atoms with Crippen LogP contribution in [0.2, 0.25) is 0 Å². The third kappa shape index (κ3) is 3.44. The number of hydrogen-bond acceptors (Lipinski definition) is 4. The van der Waals surface area contributed by atoms with Crippen molar-refractivity contribution < 1.29 is 4.74 Å². The summed E-state index contributed by atoms with van der Waals surface area (Å²) in [6, 6.07) is 8.02. The number of aromatic nitrogens is 2. The minimum atomic E-state index is 0.246. The fourth-order valence-electron chi connectivity index (χ4n) is 1.64. The van der Waals surface area contributed by atoms with Crippen LogP contribution in [0, 0.1) is 6.92 Å². The van der Waals surface area contributed by atoms with E-state index in [0.717, 1.165) is 11.3 Å². The number of nitrogens with two attached hydrogens (primary N) is 1. The predicted molar refractivity (Wildman–Crippen MR) is 79.5 cm³/mol. The van der Waals surface area contributed by atoms with Crippen molar-refractivity contribution in [2.75, 3.05) is 5.73 Å². The molecule has 2 N–H and O–H groups in total. The zero-order chi connectivity index (χ0) is 14.0. The number of nitrogen functional groups attached to an aromatic ring is 1. The average Bonchev–Trinajstić information content (AvgIpc) is 2.30. The fourth-order valence-corrected chi connectivity index (χ4v) is 2.03. The van der Waals surface area contributed by atoms with Crippen molar-refractivity contribution in [1.82, 2.24) is 9.97 Å². The lowest BCUT2D eigenvalue weighted by Gasteiger charge is -2.11. The highest BCUT2D eigenvalue weighted by Crippen LogP contribution is 2.28. The van der Waals surface area contributed by atoms with E-state index in [-0.39, 0.29) is 6.01 Å². The van der Waals surface area contributed by atoms with Crippen molar-refractivity contribution in [3.63, 3.8) is 0 Å². The Morgan fingerprint density at radius 3 is 2.58 bits per heavy atom. The van der Waals surface area contributed by atoms with Gasteiger partial charge in [0, 0.05) is 6.07 Å². The number of hydrogen-bond donors (Lipinski definition) is 1. The van der Waals surface area contributed by atoms with Crippen LogP contribution in [0.25, 0.3) is 0 Å². The largest absolute Gasteiger partial charge is 0.424 e. The highest BCUT2D eigenvalue weighted by atomic mass is 79.9. The van der Waals surface area contributed by atoms with Gasteiger partial charge in [0.1, 0.15) is 16.2 Å². The zero-order valence-corrected chi connectivity index (χ0v) is 12.7. The van der Waals surface area contributed by atoms with Gasteiger partial charge in [-0.25, -0.2) is 0 Å². The van der Waals surface area contributed by atoms with Gasteiger partial charge in [-0.05, 0) is 46.0 Å². The standard InChI is InChI=1S/C14H16BrN3O/c1-8(2)10-5-4-9(3)11(6-10)19-14-17-12(15)7-13(16)18-14/h4-8H,1-3H3,(H2,16,17,18). The van der Waals surface area contributed by atoms with Gasteiger partial charge in [0.25, 0.3) is 0 Å². The van der Waals surface area contributed by atoms with E-state index in [2.05, 4.69) is 45.8 Å². The van der Waals surface area contributed by atoms with E-state index in [9.17, 15) is 0 Å². The molecule has 0 aliphatic heterocycles. The van der Waals surface area contributed by atoms with Gasteiger partial charge in [-0.3, -0.25) is 0 Å². The molecule has 0 unspecified atom stereocenters. The summed E-state index contributed by atoms with van der Waals surface area (Å²) in [6.45, 7) is 6.27. The molecule has 2 rings (SSSR count). The maximum Gasteiger partial charge on any atom is 0.325 e. The highest BCUT2D eigenvalue weighted by Gasteiger charge is 2.08. The molecule has 0 atom stereocenters. The summed E-state index contributed by atoms with van der Waals surface area (Å²) >= 11 is 3.27. The first-order chi connectivity index (χ1) is 8.95. The zero-order valence-electron chi connectivity index (χ0n) is 11.1. The van der Waals surface area contributed by atoms with Crippen LogP contribution in [-0.4, -0.2) is 9.97 Å². The van der Waals surface area contributed by atoms with Crippen LogP contribution < -0.4 is 10.5 Å². The number of ether oxygens (including phenoxy) is 1. The first-order valence-corrected chi connectivity index (χ1v) is 6.83. The molecule has 0 amide bonds. The molecule has 1 aromatic heterocycles. The van der Waals surface area contributed by atoms with Crippen LogP contribution >= 0.6 is 15.9 Å². The molecule has 0 aliphatic rings. The minimum Gasteiger partial charge on any atom is -0.424 e. The van der Waals surface area contributed by atoms with Gasteiger partial charge < -0.3 is 10.5 Å². The molecule has 0 fully saturated rings. The quantitative estimate of drug-likeness (QED) is 0.866. The second-order valence-corrected chi connectivity index (χ2v) is 5.49. The molecule has 2 aromatic rings. The van der Waals surface area contributed by atoms with E-state index in [4.69, 9.17) is 10.5 Å². The molecular weight excluding hydrogens is 306 g/mol. The smallest absolute Gasteiger partial charge is 0.325 e. The molecule has 1 aromatic carbocycles. The normalized spacial score (nSPS) is 10.8. The van der Waals surface area contributed by atoms with Crippen molar-refractivity contribution in [3.8, 4) is 11.8 Å². The van der Waals surface area contributed by atoms with Gasteiger partial charge in [0.2, 0.25) is 0 Å². The molecule has 0 bridgehead atoms. The van der Waals surface area contributed by atoms with E-state index in [1.165, 1.54) is 5.56 Å². The Bertz CT molecular complexity index is 579. The maximum atomic E-state index is 5.73. The highest BCUT2D eigenvalue weighted by molar-refractivity contribution is 9.10. The van der Waals surface area contributed by atoms with Crippen molar-refractivity contribution in [1.29, 1.82) is 0 Å². The molecule has 0 saturated heterocycles. The Balaban J connectivity index is 2.34. The molecular formula is C14H16BrN3O. The van der Waals surface area contributed by atoms with E-state index in [0.29, 0.717) is 16.3 Å². The Hall–Kier alpha value is -1.62. The van der Waals surface area contributed by atoms with Gasteiger partial charge in [-0.15, -0.1) is 0 Å². The van der Waals surface area contributed by atoms with Crippen LogP contribution in [0.1, 0.15) is 30.9 Å². The Kier molecular flexibility index (Phi) is 4.04. The van der Waals surface area contributed by atoms with E-state index >= 15 is 0 Å². The SMILES string of the molecule is Cc1ccc(C(C)C)cc1Oc1nc(N)cc(Br)n1. The molecule has 19 heavy (non-hydrogen) atoms. The molecule has 5 heteroatoms. The van der Waals surface area contributed by atoms with Gasteiger partial charge in [0.15, 0.2) is 0 Å². The van der Waals surface area contributed by atoms with Crippen LogP contribution in [-0.2, 0) is 0 Å². The molecule has 0 radical (unpaired) electrons. The molecule has 100 valence electrons. The van der Waals surface area contributed by atoms with Crippen LogP contribution in [0.15, 0.2) is 28.9 Å². The van der Waals surface area contributed by atoms with Crippen molar-refractivity contribution in [2.24, 2.45) is 0 Å². The van der Waals surface area contributed by atoms with Gasteiger partial charge in [-0.2, -0.15) is 9.97 Å². The Morgan fingerprint density at radius 2 is 1.95 bits per heavy atom. The summed E-state index contributed by atoms with van der Waals surface area (Å²) in [5, 5.41) is 0. The number of benzene rings is 1. The molecule has 1 heterocycles. The summed E-state index contributed by atoms with van der Waals surface area (Å²) in [5.74, 6) is 1.56. The van der Waals surface area contributed by atoms with Crippen molar-refractivity contribution >= 4 is 21.7 Å². The second-order valence-electron chi connectivity index (χ2n) is 4.68. The van der Waals surface area contributed by atoms with Crippen LogP contribution in [0.5, 0.6) is 11.8 Å². The second kappa shape index (κ2) is 5.57. The van der Waals surface area contributed by atoms with Gasteiger partial charge in [0.05, 0.1) is 0 Å². The lowest BCUT2D eigenvalue weighted by atomic mass is 10.0. The summed E-state index contributed by atoms with van der Waals surface area (Å²) < 4.78 is 6.33. The molecule has 4 nitrogen and oxygen atoms in total. The van der Waals surface area contributed by atoms with Crippen LogP contribution in [0.4, 0.5) is 5.82 Å². The van der Waals surface area contributed by atoms with E-state index in [1.54, 1.807) is 6.07 Å². The van der Waals surface area contributed by atoms with Crippen LogP contribution in [0.3, 0.4) is 0 Å². The van der Waals surface area contributed by atoms with E-state index in [1.807, 2.05) is 19.1 Å². The first kappa shape index (κ1) is 13.8. The summed E-state index contributed by atoms with van der Waals surface area (Å²) in [7, 11) is 0. The lowest BCUT2D eigenvalue weighted by molar-refractivity contribution is 0.437.